The Kier molecular flexibility index (Phi) is 3.36. The molecule has 1 aromatic heterocycles. The summed E-state index contributed by atoms with van der Waals surface area (Å²) in [6, 6.07) is 0. The van der Waals surface area contributed by atoms with Gasteiger partial charge in [-0.25, -0.2) is 9.89 Å². The van der Waals surface area contributed by atoms with Crippen molar-refractivity contribution in [1.29, 1.82) is 0 Å². The molecule has 0 spiro atoms. The summed E-state index contributed by atoms with van der Waals surface area (Å²) in [4.78, 5) is 25.3. The van der Waals surface area contributed by atoms with Gasteiger partial charge in [0.1, 0.15) is 6.33 Å². The van der Waals surface area contributed by atoms with Crippen LogP contribution in [0.15, 0.2) is 18.5 Å². The topological polar surface area (TPSA) is 97.0 Å². The van der Waals surface area contributed by atoms with E-state index in [0.717, 1.165) is 12.2 Å². The van der Waals surface area contributed by atoms with Crippen molar-refractivity contribution in [3.8, 4) is 0 Å². The Morgan fingerprint density at radius 1 is 1.57 bits per heavy atom. The molecule has 0 saturated carbocycles. The number of methoxy groups -OCH3 is 1. The highest BCUT2D eigenvalue weighted by atomic mass is 16.5. The second kappa shape index (κ2) is 4.75. The molecule has 1 aromatic rings. The lowest BCUT2D eigenvalue weighted by molar-refractivity contribution is -0.135. The van der Waals surface area contributed by atoms with Crippen LogP contribution in [-0.4, -0.2) is 34.2 Å². The number of rotatable bonds is 3. The van der Waals surface area contributed by atoms with Crippen LogP contribution < -0.4 is 5.32 Å². The molecule has 7 nitrogen and oxygen atoms in total. The quantitative estimate of drug-likeness (QED) is 0.500. The van der Waals surface area contributed by atoms with E-state index in [9.17, 15) is 9.59 Å². The minimum atomic E-state index is -0.599. The van der Waals surface area contributed by atoms with Crippen molar-refractivity contribution in [2.75, 3.05) is 12.4 Å². The van der Waals surface area contributed by atoms with Gasteiger partial charge in [-0.2, -0.15) is 10.1 Å². The molecular formula is C7H8N4O3. The fraction of sp³-hybridized carbons (Fsp3) is 0.143. The van der Waals surface area contributed by atoms with Gasteiger partial charge in [-0.05, 0) is 0 Å². The van der Waals surface area contributed by atoms with Gasteiger partial charge in [0.2, 0.25) is 5.95 Å². The van der Waals surface area contributed by atoms with Crippen LogP contribution in [0.1, 0.15) is 0 Å². The number of nitrogens with zero attached hydrogens (tertiary/aromatic N) is 2. The monoisotopic (exact) mass is 196 g/mol. The van der Waals surface area contributed by atoms with Gasteiger partial charge in [0.15, 0.2) is 0 Å². The van der Waals surface area contributed by atoms with E-state index in [1.54, 1.807) is 0 Å². The number of ether oxygens (including phenoxy) is 1. The van der Waals surface area contributed by atoms with Crippen LogP contribution in [0.4, 0.5) is 5.95 Å². The highest BCUT2D eigenvalue weighted by Gasteiger charge is 2.00. The average molecular weight is 196 g/mol. The van der Waals surface area contributed by atoms with Gasteiger partial charge in [0.25, 0.3) is 5.91 Å². The van der Waals surface area contributed by atoms with Crippen molar-refractivity contribution in [3.63, 3.8) is 0 Å². The third-order valence-corrected chi connectivity index (χ3v) is 1.23. The molecule has 7 heteroatoms. The highest BCUT2D eigenvalue weighted by molar-refractivity contribution is 6.01. The SMILES string of the molecule is COC(=O)/C=C/C(=O)Nc1ncn[nH]1. The summed E-state index contributed by atoms with van der Waals surface area (Å²) < 4.78 is 4.29. The van der Waals surface area contributed by atoms with Gasteiger partial charge in [-0.3, -0.25) is 10.1 Å². The van der Waals surface area contributed by atoms with Crippen molar-refractivity contribution in [3.05, 3.63) is 18.5 Å². The third kappa shape index (κ3) is 3.05. The lowest BCUT2D eigenvalue weighted by atomic mass is 10.5. The predicted octanol–water partition coefficient (Wildman–Crippen LogP) is -0.528. The first-order valence-electron chi connectivity index (χ1n) is 3.64. The van der Waals surface area contributed by atoms with Gasteiger partial charge in [0, 0.05) is 12.2 Å². The van der Waals surface area contributed by atoms with Gasteiger partial charge in [0.05, 0.1) is 7.11 Å². The van der Waals surface area contributed by atoms with Gasteiger partial charge < -0.3 is 4.74 Å². The maximum atomic E-state index is 11.0. The minimum absolute atomic E-state index is 0.213. The van der Waals surface area contributed by atoms with Crippen LogP contribution in [0, 0.1) is 0 Å². The molecule has 1 rings (SSSR count). The molecule has 0 aliphatic heterocycles. The Bertz CT molecular complexity index is 344. The standard InChI is InChI=1S/C7H8N4O3/c1-14-6(13)3-2-5(12)10-7-8-4-9-11-7/h2-4H,1H3,(H2,8,9,10,11,12)/b3-2+. The van der Waals surface area contributed by atoms with E-state index in [-0.39, 0.29) is 5.95 Å². The van der Waals surface area contributed by atoms with Crippen molar-refractivity contribution in [2.24, 2.45) is 0 Å². The van der Waals surface area contributed by atoms with Crippen LogP contribution in [-0.2, 0) is 14.3 Å². The average Bonchev–Trinajstić information content (AvgIpc) is 2.66. The molecule has 0 aliphatic carbocycles. The molecular weight excluding hydrogens is 188 g/mol. The summed E-state index contributed by atoms with van der Waals surface area (Å²) >= 11 is 0. The lowest BCUT2D eigenvalue weighted by Gasteiger charge is -1.94. The molecule has 0 fully saturated rings. The smallest absolute Gasteiger partial charge is 0.330 e. The van der Waals surface area contributed by atoms with Crippen molar-refractivity contribution in [2.45, 2.75) is 0 Å². The first kappa shape index (κ1) is 9.90. The van der Waals surface area contributed by atoms with Crippen molar-refractivity contribution >= 4 is 17.8 Å². The van der Waals surface area contributed by atoms with Gasteiger partial charge in [-0.1, -0.05) is 0 Å². The maximum absolute atomic E-state index is 11.0. The van der Waals surface area contributed by atoms with Crippen LogP contribution in [0.3, 0.4) is 0 Å². The van der Waals surface area contributed by atoms with Crippen molar-refractivity contribution < 1.29 is 14.3 Å². The first-order chi connectivity index (χ1) is 6.72. The van der Waals surface area contributed by atoms with Crippen LogP contribution in [0.5, 0.6) is 0 Å². The number of aromatic amines is 1. The molecule has 14 heavy (non-hydrogen) atoms. The normalized spacial score (nSPS) is 10.1. The zero-order chi connectivity index (χ0) is 10.4. The highest BCUT2D eigenvalue weighted by Crippen LogP contribution is 1.92. The predicted molar refractivity (Wildman–Crippen MR) is 46.2 cm³/mol. The number of nitrogens with one attached hydrogen (secondary N) is 2. The van der Waals surface area contributed by atoms with Crippen molar-refractivity contribution in [1.82, 2.24) is 15.2 Å². The van der Waals surface area contributed by atoms with Crippen LogP contribution in [0.25, 0.3) is 0 Å². The molecule has 0 saturated heterocycles. The molecule has 1 heterocycles. The van der Waals surface area contributed by atoms with Crippen LogP contribution >= 0.6 is 0 Å². The number of hydrogen-bond acceptors (Lipinski definition) is 5. The Labute approximate surface area is 79.2 Å². The zero-order valence-corrected chi connectivity index (χ0v) is 7.35. The van der Waals surface area contributed by atoms with Crippen LogP contribution in [0.2, 0.25) is 0 Å². The summed E-state index contributed by atoms with van der Waals surface area (Å²) in [5.74, 6) is -0.880. The number of H-pyrrole nitrogens is 1. The fourth-order valence-electron chi connectivity index (χ4n) is 0.636. The van der Waals surface area contributed by atoms with E-state index < -0.39 is 11.9 Å². The summed E-state index contributed by atoms with van der Waals surface area (Å²) in [6.45, 7) is 0. The van der Waals surface area contributed by atoms with E-state index in [2.05, 4.69) is 25.2 Å². The number of amides is 1. The number of aromatic nitrogens is 3. The number of carbonyl (C=O) groups is 2. The molecule has 74 valence electrons. The zero-order valence-electron chi connectivity index (χ0n) is 7.35. The largest absolute Gasteiger partial charge is 0.466 e. The number of hydrogen-bond donors (Lipinski definition) is 2. The summed E-state index contributed by atoms with van der Waals surface area (Å²) in [7, 11) is 1.22. The summed E-state index contributed by atoms with van der Waals surface area (Å²) in [5, 5.41) is 8.29. The molecule has 0 bridgehead atoms. The number of anilines is 1. The summed E-state index contributed by atoms with van der Waals surface area (Å²) in [5.41, 5.74) is 0. The fourth-order valence-corrected chi connectivity index (χ4v) is 0.636. The second-order valence-corrected chi connectivity index (χ2v) is 2.18. The Hall–Kier alpha value is -2.18. The molecule has 0 aromatic carbocycles. The van der Waals surface area contributed by atoms with E-state index in [1.165, 1.54) is 13.4 Å². The number of carbonyl (C=O) groups excluding carboxylic acids is 2. The molecule has 0 aliphatic rings. The van der Waals surface area contributed by atoms with E-state index in [0.29, 0.717) is 0 Å². The molecule has 2 N–H and O–H groups in total. The molecule has 1 amide bonds. The van der Waals surface area contributed by atoms with Gasteiger partial charge in [-0.15, -0.1) is 0 Å². The number of esters is 1. The van der Waals surface area contributed by atoms with E-state index in [1.807, 2.05) is 0 Å². The second-order valence-electron chi connectivity index (χ2n) is 2.18. The Balaban J connectivity index is 2.44. The maximum Gasteiger partial charge on any atom is 0.330 e. The Morgan fingerprint density at radius 2 is 2.36 bits per heavy atom. The summed E-state index contributed by atoms with van der Waals surface area (Å²) in [6.07, 6.45) is 3.29. The van der Waals surface area contributed by atoms with Gasteiger partial charge >= 0.3 is 5.97 Å². The molecule has 0 unspecified atom stereocenters. The van der Waals surface area contributed by atoms with E-state index >= 15 is 0 Å². The van der Waals surface area contributed by atoms with E-state index in [4.69, 9.17) is 0 Å². The first-order valence-corrected chi connectivity index (χ1v) is 3.64. The molecule has 0 radical (unpaired) electrons. The minimum Gasteiger partial charge on any atom is -0.466 e. The third-order valence-electron chi connectivity index (χ3n) is 1.23. The Morgan fingerprint density at radius 3 is 2.93 bits per heavy atom. The molecule has 0 atom stereocenters. The lowest BCUT2D eigenvalue weighted by Crippen LogP contribution is -2.10.